The van der Waals surface area contributed by atoms with Crippen molar-refractivity contribution in [1.82, 2.24) is 0 Å². The van der Waals surface area contributed by atoms with Crippen LogP contribution in [0.25, 0.3) is 0 Å². The van der Waals surface area contributed by atoms with Gasteiger partial charge in [-0.2, -0.15) is 0 Å². The first kappa shape index (κ1) is 21.6. The van der Waals surface area contributed by atoms with Crippen LogP contribution in [0.3, 0.4) is 0 Å². The maximum atomic E-state index is 5.81. The molecule has 0 saturated heterocycles. The summed E-state index contributed by atoms with van der Waals surface area (Å²) in [6, 6.07) is 28.5. The monoisotopic (exact) mass is 425 g/mol. The molecule has 0 saturated carbocycles. The van der Waals surface area contributed by atoms with Crippen molar-refractivity contribution in [3.8, 4) is 0 Å². The average Bonchev–Trinajstić information content (AvgIpc) is 2.98. The number of allylic oxidation sites excluding steroid dienone is 4. The molecule has 158 valence electrons. The third-order valence-electron chi connectivity index (χ3n) is 6.90. The smallest absolute Gasteiger partial charge is 0.0683 e. The molecule has 0 aliphatic heterocycles. The lowest BCUT2D eigenvalue weighted by atomic mass is 10.1. The van der Waals surface area contributed by atoms with Crippen molar-refractivity contribution < 1.29 is 0 Å². The molecule has 2 heteroatoms. The summed E-state index contributed by atoms with van der Waals surface area (Å²) in [5, 5.41) is 4.16. The second-order valence-electron chi connectivity index (χ2n) is 8.69. The molecule has 0 fully saturated rings. The van der Waals surface area contributed by atoms with Crippen LogP contribution in [-0.4, -0.2) is 0 Å². The lowest BCUT2D eigenvalue weighted by molar-refractivity contribution is 0.857. The standard InChI is InChI=1S/C29H32NP/c1-20-14-13-15-21(2)28(20)30-31(26-16-9-7-10-17-26,27-18-11-8-12-19-27)29-24(5)22(3)23(4)25(29)6/h7-19,24H,1-6H3/t24-/m1/s1. The van der Waals surface area contributed by atoms with Crippen LogP contribution < -0.4 is 10.6 Å². The van der Waals surface area contributed by atoms with Crippen LogP contribution in [0.4, 0.5) is 5.69 Å². The Hall–Kier alpha value is -2.63. The maximum Gasteiger partial charge on any atom is 0.0683 e. The van der Waals surface area contributed by atoms with Crippen LogP contribution in [0, 0.1) is 19.8 Å². The van der Waals surface area contributed by atoms with Gasteiger partial charge in [-0.05, 0) is 62.2 Å². The minimum Gasteiger partial charge on any atom is -0.254 e. The van der Waals surface area contributed by atoms with Gasteiger partial charge in [-0.3, -0.25) is 4.74 Å². The van der Waals surface area contributed by atoms with E-state index in [1.807, 2.05) is 0 Å². The summed E-state index contributed by atoms with van der Waals surface area (Å²) in [5.41, 5.74) is 7.93. The molecular weight excluding hydrogens is 393 g/mol. The molecule has 0 radical (unpaired) electrons. The number of hydrogen-bond acceptors (Lipinski definition) is 1. The van der Waals surface area contributed by atoms with E-state index in [0.717, 1.165) is 5.69 Å². The highest BCUT2D eigenvalue weighted by Crippen LogP contribution is 2.64. The average molecular weight is 426 g/mol. The number of hydrogen-bond donors (Lipinski definition) is 0. The number of aryl methyl sites for hydroxylation is 2. The van der Waals surface area contributed by atoms with Crippen LogP contribution in [-0.2, 0) is 0 Å². The second kappa shape index (κ2) is 8.48. The van der Waals surface area contributed by atoms with Gasteiger partial charge in [0, 0.05) is 16.5 Å². The van der Waals surface area contributed by atoms with E-state index in [9.17, 15) is 0 Å². The van der Waals surface area contributed by atoms with E-state index >= 15 is 0 Å². The molecule has 0 amide bonds. The molecule has 3 aromatic rings. The van der Waals surface area contributed by atoms with Crippen molar-refractivity contribution in [3.05, 3.63) is 112 Å². The highest BCUT2D eigenvalue weighted by atomic mass is 31.2. The fraction of sp³-hybridized carbons (Fsp3) is 0.241. The first-order valence-electron chi connectivity index (χ1n) is 11.1. The van der Waals surface area contributed by atoms with E-state index < -0.39 is 7.05 Å². The zero-order valence-electron chi connectivity index (χ0n) is 19.5. The van der Waals surface area contributed by atoms with Crippen LogP contribution >= 0.6 is 7.05 Å². The van der Waals surface area contributed by atoms with E-state index in [2.05, 4.69) is 120 Å². The minimum atomic E-state index is -2.25. The summed E-state index contributed by atoms with van der Waals surface area (Å²) in [6.07, 6.45) is 0. The topological polar surface area (TPSA) is 12.4 Å². The highest BCUT2D eigenvalue weighted by Gasteiger charge is 2.38. The molecular formula is C29H32NP. The largest absolute Gasteiger partial charge is 0.254 e. The molecule has 1 aliphatic carbocycles. The molecule has 0 unspecified atom stereocenters. The van der Waals surface area contributed by atoms with Crippen molar-refractivity contribution in [3.63, 3.8) is 0 Å². The fourth-order valence-electron chi connectivity index (χ4n) is 4.86. The second-order valence-corrected chi connectivity index (χ2v) is 11.7. The molecule has 3 aromatic carbocycles. The summed E-state index contributed by atoms with van der Waals surface area (Å²) in [5.74, 6) is 0.377. The van der Waals surface area contributed by atoms with Crippen molar-refractivity contribution in [2.45, 2.75) is 41.5 Å². The Morgan fingerprint density at radius 1 is 0.613 bits per heavy atom. The molecule has 0 spiro atoms. The van der Waals surface area contributed by atoms with Gasteiger partial charge in [-0.25, -0.2) is 0 Å². The van der Waals surface area contributed by atoms with E-state index in [1.54, 1.807) is 0 Å². The van der Waals surface area contributed by atoms with E-state index in [0.29, 0.717) is 5.92 Å². The Kier molecular flexibility index (Phi) is 5.91. The lowest BCUT2D eigenvalue weighted by Gasteiger charge is -2.32. The number of nitrogens with zero attached hydrogens (tertiary/aromatic N) is 1. The molecule has 0 N–H and O–H groups in total. The van der Waals surface area contributed by atoms with E-state index in [1.165, 1.54) is 43.8 Å². The first-order chi connectivity index (χ1) is 14.9. The van der Waals surface area contributed by atoms with Gasteiger partial charge in [-0.1, -0.05) is 91.4 Å². The molecule has 1 atom stereocenters. The third-order valence-corrected chi connectivity index (χ3v) is 10.9. The summed E-state index contributed by atoms with van der Waals surface area (Å²) < 4.78 is 5.81. The van der Waals surface area contributed by atoms with Crippen LogP contribution in [0.1, 0.15) is 38.8 Å². The molecule has 1 aliphatic rings. The van der Waals surface area contributed by atoms with Crippen molar-refractivity contribution in [1.29, 1.82) is 0 Å². The number of benzene rings is 3. The van der Waals surface area contributed by atoms with Crippen LogP contribution in [0.15, 0.2) is 106 Å². The maximum absolute atomic E-state index is 5.81. The quantitative estimate of drug-likeness (QED) is 0.375. The van der Waals surface area contributed by atoms with E-state index in [-0.39, 0.29) is 0 Å². The van der Waals surface area contributed by atoms with Crippen LogP contribution in [0.2, 0.25) is 0 Å². The Bertz CT molecular complexity index is 1170. The molecule has 0 aromatic heterocycles. The Morgan fingerprint density at radius 2 is 1.10 bits per heavy atom. The summed E-state index contributed by atoms with van der Waals surface area (Å²) in [6.45, 7) is 13.6. The predicted molar refractivity (Wildman–Crippen MR) is 137 cm³/mol. The van der Waals surface area contributed by atoms with Gasteiger partial charge in [0.05, 0.1) is 12.7 Å². The summed E-state index contributed by atoms with van der Waals surface area (Å²) in [4.78, 5) is 0. The van der Waals surface area contributed by atoms with Gasteiger partial charge in [0.25, 0.3) is 0 Å². The Morgan fingerprint density at radius 3 is 1.52 bits per heavy atom. The zero-order valence-corrected chi connectivity index (χ0v) is 20.4. The molecule has 4 rings (SSSR count). The normalized spacial score (nSPS) is 16.8. The first-order valence-corrected chi connectivity index (χ1v) is 12.8. The van der Waals surface area contributed by atoms with E-state index in [4.69, 9.17) is 4.74 Å². The molecule has 31 heavy (non-hydrogen) atoms. The van der Waals surface area contributed by atoms with Crippen LogP contribution in [0.5, 0.6) is 0 Å². The Balaban J connectivity index is 2.22. The van der Waals surface area contributed by atoms with Gasteiger partial charge in [0.1, 0.15) is 0 Å². The number of rotatable bonds is 4. The Labute approximate surface area is 187 Å². The van der Waals surface area contributed by atoms with Crippen molar-refractivity contribution in [2.75, 3.05) is 0 Å². The van der Waals surface area contributed by atoms with Gasteiger partial charge in [0.15, 0.2) is 0 Å². The minimum absolute atomic E-state index is 0.377. The lowest BCUT2D eigenvalue weighted by Crippen LogP contribution is -2.20. The van der Waals surface area contributed by atoms with Crippen molar-refractivity contribution >= 4 is 23.4 Å². The van der Waals surface area contributed by atoms with Gasteiger partial charge >= 0.3 is 0 Å². The summed E-state index contributed by atoms with van der Waals surface area (Å²) in [7, 11) is -2.25. The zero-order chi connectivity index (χ0) is 22.2. The molecule has 0 heterocycles. The highest BCUT2D eigenvalue weighted by molar-refractivity contribution is 7.84. The van der Waals surface area contributed by atoms with Gasteiger partial charge < -0.3 is 0 Å². The summed E-state index contributed by atoms with van der Waals surface area (Å²) >= 11 is 0. The molecule has 1 nitrogen and oxygen atoms in total. The van der Waals surface area contributed by atoms with Gasteiger partial charge in [-0.15, -0.1) is 0 Å². The SMILES string of the molecule is CC1=C(C)[C@@H](C)C(P(=Nc2c(C)cccc2C)(c2ccccc2)c2ccccc2)=C1C. The predicted octanol–water partition coefficient (Wildman–Crippen LogP) is 8.05. The van der Waals surface area contributed by atoms with Gasteiger partial charge in [0.2, 0.25) is 0 Å². The fourth-order valence-corrected chi connectivity index (χ4v) is 9.29. The molecule has 0 bridgehead atoms. The van der Waals surface area contributed by atoms with Crippen molar-refractivity contribution in [2.24, 2.45) is 10.7 Å². The third kappa shape index (κ3) is 3.56.